The summed E-state index contributed by atoms with van der Waals surface area (Å²) in [7, 11) is 1.17. The van der Waals surface area contributed by atoms with Gasteiger partial charge in [-0.1, -0.05) is 0 Å². The number of nitrogens with one attached hydrogen (secondary N) is 1. The minimum absolute atomic E-state index is 0.0404. The van der Waals surface area contributed by atoms with Gasteiger partial charge in [-0.3, -0.25) is 19.9 Å². The van der Waals surface area contributed by atoms with Gasteiger partial charge < -0.3 is 9.84 Å². The molecule has 0 saturated heterocycles. The number of methoxy groups -OCH3 is 1. The van der Waals surface area contributed by atoms with Crippen LogP contribution in [0.4, 0.5) is 22.7 Å². The molecule has 1 aromatic carbocycles. The van der Waals surface area contributed by atoms with Crippen molar-refractivity contribution in [3.63, 3.8) is 0 Å². The van der Waals surface area contributed by atoms with Crippen LogP contribution in [0.15, 0.2) is 29.2 Å². The number of rotatable bonds is 8. The van der Waals surface area contributed by atoms with Crippen LogP contribution in [0, 0.1) is 12.7 Å². The molecule has 1 amide bonds. The zero-order chi connectivity index (χ0) is 25.0. The van der Waals surface area contributed by atoms with Crippen LogP contribution in [0.5, 0.6) is 5.75 Å². The number of amides is 1. The summed E-state index contributed by atoms with van der Waals surface area (Å²) in [5.74, 6) is -2.65. The number of pyridine rings is 1. The molecule has 182 valence electrons. The minimum atomic E-state index is -4.97. The van der Waals surface area contributed by atoms with Gasteiger partial charge in [0.25, 0.3) is 5.91 Å². The van der Waals surface area contributed by atoms with Crippen molar-refractivity contribution in [3.05, 3.63) is 56.7 Å². The van der Waals surface area contributed by atoms with E-state index in [0.29, 0.717) is 35.9 Å². The normalized spacial score (nSPS) is 11.5. The van der Waals surface area contributed by atoms with Crippen LogP contribution in [0.3, 0.4) is 0 Å². The summed E-state index contributed by atoms with van der Waals surface area (Å²) in [5.41, 5.74) is -2.14. The lowest BCUT2D eigenvalue weighted by Gasteiger charge is -2.17. The van der Waals surface area contributed by atoms with Gasteiger partial charge in [0.1, 0.15) is 11.6 Å². The van der Waals surface area contributed by atoms with Gasteiger partial charge in [-0.25, -0.2) is 9.07 Å². The molecule has 13 heteroatoms. The fourth-order valence-electron chi connectivity index (χ4n) is 3.18. The van der Waals surface area contributed by atoms with Crippen molar-refractivity contribution >= 4 is 22.4 Å². The first-order valence-electron chi connectivity index (χ1n) is 9.97. The molecule has 0 fully saturated rings. The Hall–Kier alpha value is -3.32. The smallest absolute Gasteiger partial charge is 0.419 e. The zero-order valence-electron chi connectivity index (χ0n) is 18.1. The number of unbranched alkanes of at least 4 members (excludes halogenated alkanes) is 1. The molecule has 0 aliphatic heterocycles. The second-order valence-electron chi connectivity index (χ2n) is 7.15. The maximum Gasteiger partial charge on any atom is 0.419 e. The lowest BCUT2D eigenvalue weighted by molar-refractivity contribution is -0.139. The number of alkyl halides is 3. The van der Waals surface area contributed by atoms with Crippen LogP contribution >= 0.6 is 11.3 Å². The molecule has 2 heterocycles. The van der Waals surface area contributed by atoms with Crippen molar-refractivity contribution < 1.29 is 32.2 Å². The molecule has 3 aromatic rings. The van der Waals surface area contributed by atoms with E-state index < -0.39 is 33.9 Å². The maximum atomic E-state index is 15.1. The number of aryl methyl sites for hydroxylation is 2. The first-order chi connectivity index (χ1) is 16.1. The average Bonchev–Trinajstić information content (AvgIpc) is 3.11. The van der Waals surface area contributed by atoms with Crippen molar-refractivity contribution in [1.82, 2.24) is 14.8 Å². The lowest BCUT2D eigenvalue weighted by Crippen LogP contribution is -2.17. The molecule has 0 aliphatic carbocycles. The van der Waals surface area contributed by atoms with E-state index in [-0.39, 0.29) is 35.2 Å². The molecule has 0 unspecified atom stereocenters. The highest BCUT2D eigenvalue weighted by Crippen LogP contribution is 2.41. The Morgan fingerprint density at radius 3 is 2.68 bits per heavy atom. The van der Waals surface area contributed by atoms with Gasteiger partial charge in [0, 0.05) is 30.6 Å². The molecular weight excluding hydrogens is 480 g/mol. The summed E-state index contributed by atoms with van der Waals surface area (Å²) < 4.78 is 61.3. The van der Waals surface area contributed by atoms with Gasteiger partial charge in [0.05, 0.1) is 23.8 Å². The zero-order valence-corrected chi connectivity index (χ0v) is 18.9. The molecule has 8 nitrogen and oxygen atoms in total. The Bertz CT molecular complexity index is 1260. The van der Waals surface area contributed by atoms with Crippen molar-refractivity contribution in [2.75, 3.05) is 19.0 Å². The van der Waals surface area contributed by atoms with Gasteiger partial charge in [-0.2, -0.15) is 13.2 Å². The number of carbonyl (C=O) groups is 1. The Morgan fingerprint density at radius 1 is 1.29 bits per heavy atom. The third-order valence-corrected chi connectivity index (χ3v) is 5.55. The van der Waals surface area contributed by atoms with E-state index in [1.807, 2.05) is 0 Å². The highest BCUT2D eigenvalue weighted by molar-refractivity contribution is 7.13. The topological polar surface area (TPSA) is 106 Å². The van der Waals surface area contributed by atoms with Crippen LogP contribution in [0.2, 0.25) is 0 Å². The van der Waals surface area contributed by atoms with Gasteiger partial charge >= 0.3 is 11.0 Å². The number of aliphatic hydroxyl groups is 1. The van der Waals surface area contributed by atoms with E-state index in [0.717, 1.165) is 16.9 Å². The van der Waals surface area contributed by atoms with E-state index in [1.54, 1.807) is 0 Å². The minimum Gasteiger partial charge on any atom is -0.496 e. The van der Waals surface area contributed by atoms with Gasteiger partial charge in [-0.05, 0) is 49.3 Å². The number of carbonyl (C=O) groups excluding carboxylic acids is 1. The number of hydrogen-bond donors (Lipinski definition) is 2. The van der Waals surface area contributed by atoms with E-state index in [1.165, 1.54) is 20.1 Å². The molecule has 34 heavy (non-hydrogen) atoms. The number of nitrogens with zero attached hydrogens (tertiary/aromatic N) is 3. The van der Waals surface area contributed by atoms with Crippen molar-refractivity contribution in [2.45, 2.75) is 32.5 Å². The molecule has 0 bridgehead atoms. The van der Waals surface area contributed by atoms with Crippen molar-refractivity contribution in [2.24, 2.45) is 0 Å². The van der Waals surface area contributed by atoms with E-state index in [4.69, 9.17) is 9.84 Å². The predicted molar refractivity (Wildman–Crippen MR) is 117 cm³/mol. The first kappa shape index (κ1) is 25.3. The molecule has 2 N–H and O–H groups in total. The monoisotopic (exact) mass is 500 g/mol. The highest BCUT2D eigenvalue weighted by atomic mass is 32.1. The second kappa shape index (κ2) is 10.3. The second-order valence-corrected chi connectivity index (χ2v) is 8.09. The maximum absolute atomic E-state index is 15.1. The summed E-state index contributed by atoms with van der Waals surface area (Å²) in [6.07, 6.45) is -2.91. The SMILES string of the molecule is COc1ccc(C(F)(F)F)c(F)c1-c1cc(C)ncc1C(=O)Nc1nn(CCCCO)c(=O)s1. The standard InChI is InChI=1S/C21H20F4N4O4S/c1-11-9-12(16-15(33-2)6-5-14(17(16)22)21(23,24)25)13(10-26-11)18(31)27-19-28-29(20(32)34-19)7-3-4-8-30/h5-6,9-10,30H,3-4,7-8H2,1-2H3,(H,27,28,31). The number of halogens is 4. The van der Waals surface area contributed by atoms with Crippen LogP contribution in [0.25, 0.3) is 11.1 Å². The molecular formula is C21H20F4N4O4S. The largest absolute Gasteiger partial charge is 0.496 e. The lowest BCUT2D eigenvalue weighted by atomic mass is 9.96. The Balaban J connectivity index is 2.04. The van der Waals surface area contributed by atoms with E-state index in [2.05, 4.69) is 15.4 Å². The molecule has 3 rings (SSSR count). The molecule has 0 saturated carbocycles. The molecule has 0 spiro atoms. The molecule has 0 radical (unpaired) electrons. The number of ether oxygens (including phenoxy) is 1. The summed E-state index contributed by atoms with van der Waals surface area (Å²) in [5, 5.41) is 15.2. The van der Waals surface area contributed by atoms with Crippen LogP contribution in [0.1, 0.15) is 34.5 Å². The Morgan fingerprint density at radius 2 is 2.03 bits per heavy atom. The average molecular weight is 500 g/mol. The third-order valence-electron chi connectivity index (χ3n) is 4.79. The Labute approximate surface area is 194 Å². The Kier molecular flexibility index (Phi) is 7.67. The van der Waals surface area contributed by atoms with Crippen LogP contribution in [-0.4, -0.2) is 39.5 Å². The fourth-order valence-corrected chi connectivity index (χ4v) is 3.87. The summed E-state index contributed by atoms with van der Waals surface area (Å²) in [6, 6.07) is 2.80. The molecule has 0 atom stereocenters. The highest BCUT2D eigenvalue weighted by Gasteiger charge is 2.37. The van der Waals surface area contributed by atoms with Gasteiger partial charge in [0.2, 0.25) is 5.13 Å². The van der Waals surface area contributed by atoms with Gasteiger partial charge in [-0.15, -0.1) is 5.10 Å². The fraction of sp³-hybridized carbons (Fsp3) is 0.333. The van der Waals surface area contributed by atoms with Gasteiger partial charge in [0.15, 0.2) is 0 Å². The van der Waals surface area contributed by atoms with Crippen LogP contribution < -0.4 is 14.9 Å². The van der Waals surface area contributed by atoms with Crippen molar-refractivity contribution in [3.8, 4) is 16.9 Å². The number of hydrogen-bond acceptors (Lipinski definition) is 7. The number of anilines is 1. The number of aliphatic hydroxyl groups excluding tert-OH is 1. The van der Waals surface area contributed by atoms with Crippen LogP contribution in [-0.2, 0) is 12.7 Å². The third kappa shape index (κ3) is 5.42. The molecule has 0 aliphatic rings. The number of benzene rings is 1. The summed E-state index contributed by atoms with van der Waals surface area (Å²) in [6.45, 7) is 1.72. The summed E-state index contributed by atoms with van der Waals surface area (Å²) >= 11 is 0.651. The molecule has 2 aromatic heterocycles. The predicted octanol–water partition coefficient (Wildman–Crippen LogP) is 3.87. The summed E-state index contributed by atoms with van der Waals surface area (Å²) in [4.78, 5) is 28.6. The van der Waals surface area contributed by atoms with E-state index in [9.17, 15) is 22.8 Å². The van der Waals surface area contributed by atoms with Crippen molar-refractivity contribution in [1.29, 1.82) is 0 Å². The quantitative estimate of drug-likeness (QED) is 0.359. The number of aromatic nitrogens is 3. The first-order valence-corrected chi connectivity index (χ1v) is 10.8. The van der Waals surface area contributed by atoms with E-state index >= 15 is 4.39 Å².